The molecule has 0 radical (unpaired) electrons. The summed E-state index contributed by atoms with van der Waals surface area (Å²) in [6.45, 7) is 7.82. The van der Waals surface area contributed by atoms with Gasteiger partial charge in [-0.3, -0.25) is 0 Å². The van der Waals surface area contributed by atoms with Crippen LogP contribution in [0.5, 0.6) is 0 Å². The molecule has 0 saturated heterocycles. The minimum Gasteiger partial charge on any atom is -0.309 e. The van der Waals surface area contributed by atoms with Crippen LogP contribution in [0.15, 0.2) is 54.9 Å². The van der Waals surface area contributed by atoms with Crippen LogP contribution in [-0.4, -0.2) is 16.3 Å². The van der Waals surface area contributed by atoms with Gasteiger partial charge < -0.3 is 5.32 Å². The third-order valence-corrected chi connectivity index (χ3v) is 2.93. The molecule has 0 atom stereocenters. The van der Waals surface area contributed by atoms with Gasteiger partial charge in [0.15, 0.2) is 0 Å². The third kappa shape index (κ3) is 3.08. The van der Waals surface area contributed by atoms with Crippen molar-refractivity contribution >= 4 is 0 Å². The normalized spacial score (nSPS) is 10.5. The maximum absolute atomic E-state index is 4.28. The Hall–Kier alpha value is -1.87. The van der Waals surface area contributed by atoms with E-state index in [9.17, 15) is 0 Å². The summed E-state index contributed by atoms with van der Waals surface area (Å²) < 4.78 is 1.89. The van der Waals surface area contributed by atoms with Crippen LogP contribution in [0.4, 0.5) is 0 Å². The maximum Gasteiger partial charge on any atom is 0.0690 e. The average molecular weight is 241 g/mol. The highest BCUT2D eigenvalue weighted by Gasteiger charge is 2.03. The minimum atomic E-state index is 0.828. The van der Waals surface area contributed by atoms with Crippen LogP contribution in [0.1, 0.15) is 18.9 Å². The number of aromatic nitrogens is 2. The van der Waals surface area contributed by atoms with Gasteiger partial charge in [-0.1, -0.05) is 37.3 Å². The molecule has 94 valence electrons. The molecule has 0 saturated carbocycles. The number of hydrogen-bond donors (Lipinski definition) is 1. The Kier molecular flexibility index (Phi) is 4.31. The van der Waals surface area contributed by atoms with Gasteiger partial charge in [-0.15, -0.1) is 0 Å². The first-order chi connectivity index (χ1) is 8.81. The molecule has 0 aliphatic carbocycles. The summed E-state index contributed by atoms with van der Waals surface area (Å²) in [4.78, 5) is 0. The number of hydrogen-bond acceptors (Lipinski definition) is 2. The molecule has 1 aromatic carbocycles. The highest BCUT2D eigenvalue weighted by atomic mass is 15.3. The fraction of sp³-hybridized carbons (Fsp3) is 0.267. The second kappa shape index (κ2) is 6.17. The van der Waals surface area contributed by atoms with E-state index in [4.69, 9.17) is 0 Å². The van der Waals surface area contributed by atoms with E-state index in [-0.39, 0.29) is 0 Å². The first-order valence-electron chi connectivity index (χ1n) is 6.26. The molecule has 0 aliphatic heterocycles. The van der Waals surface area contributed by atoms with Crippen molar-refractivity contribution in [3.8, 4) is 5.69 Å². The van der Waals surface area contributed by atoms with Gasteiger partial charge in [0.2, 0.25) is 0 Å². The van der Waals surface area contributed by atoms with Crippen molar-refractivity contribution in [3.63, 3.8) is 0 Å². The molecule has 0 unspecified atom stereocenters. The van der Waals surface area contributed by atoms with Crippen molar-refractivity contribution < 1.29 is 0 Å². The van der Waals surface area contributed by atoms with Crippen LogP contribution in [0.2, 0.25) is 0 Å². The second-order valence-corrected chi connectivity index (χ2v) is 4.29. The van der Waals surface area contributed by atoms with E-state index < -0.39 is 0 Å². The van der Waals surface area contributed by atoms with Gasteiger partial charge in [0, 0.05) is 25.5 Å². The quantitative estimate of drug-likeness (QED) is 0.788. The van der Waals surface area contributed by atoms with Gasteiger partial charge in [0.25, 0.3) is 0 Å². The van der Waals surface area contributed by atoms with E-state index in [0.717, 1.165) is 25.2 Å². The highest BCUT2D eigenvalue weighted by Crippen LogP contribution is 2.13. The largest absolute Gasteiger partial charge is 0.309 e. The van der Waals surface area contributed by atoms with Crippen LogP contribution in [0, 0.1) is 0 Å². The van der Waals surface area contributed by atoms with Crippen molar-refractivity contribution in [1.29, 1.82) is 0 Å². The first kappa shape index (κ1) is 12.6. The molecule has 1 heterocycles. The lowest BCUT2D eigenvalue weighted by Crippen LogP contribution is -2.17. The SMILES string of the molecule is C=C(CC)CNCc1ccccc1-n1cccn1. The molecule has 1 aromatic heterocycles. The fourth-order valence-electron chi connectivity index (χ4n) is 1.79. The molecular weight excluding hydrogens is 222 g/mol. The lowest BCUT2D eigenvalue weighted by Gasteiger charge is -2.11. The van der Waals surface area contributed by atoms with E-state index >= 15 is 0 Å². The molecular formula is C15H19N3. The third-order valence-electron chi connectivity index (χ3n) is 2.93. The van der Waals surface area contributed by atoms with Gasteiger partial charge in [-0.25, -0.2) is 4.68 Å². The fourth-order valence-corrected chi connectivity index (χ4v) is 1.79. The van der Waals surface area contributed by atoms with Gasteiger partial charge in [0.05, 0.1) is 5.69 Å². The van der Waals surface area contributed by atoms with Crippen molar-refractivity contribution in [3.05, 3.63) is 60.4 Å². The van der Waals surface area contributed by atoms with Crippen LogP contribution in [0.3, 0.4) is 0 Å². The zero-order valence-electron chi connectivity index (χ0n) is 10.8. The van der Waals surface area contributed by atoms with Gasteiger partial charge in [-0.05, 0) is 24.1 Å². The lowest BCUT2D eigenvalue weighted by molar-refractivity contribution is 0.718. The molecule has 0 fully saturated rings. The summed E-state index contributed by atoms with van der Waals surface area (Å²) in [5.74, 6) is 0. The number of nitrogens with one attached hydrogen (secondary N) is 1. The Balaban J connectivity index is 2.07. The van der Waals surface area contributed by atoms with Gasteiger partial charge in [-0.2, -0.15) is 5.10 Å². The monoisotopic (exact) mass is 241 g/mol. The molecule has 0 aliphatic rings. The smallest absolute Gasteiger partial charge is 0.0690 e. The Morgan fingerprint density at radius 3 is 2.89 bits per heavy atom. The van der Waals surface area contributed by atoms with Crippen LogP contribution in [-0.2, 0) is 6.54 Å². The number of benzene rings is 1. The maximum atomic E-state index is 4.28. The Morgan fingerprint density at radius 2 is 2.17 bits per heavy atom. The summed E-state index contributed by atoms with van der Waals surface area (Å²) >= 11 is 0. The molecule has 3 heteroatoms. The van der Waals surface area contributed by atoms with Crippen molar-refractivity contribution in [2.24, 2.45) is 0 Å². The number of rotatable bonds is 6. The predicted molar refractivity (Wildman–Crippen MR) is 74.7 cm³/mol. The molecule has 0 bridgehead atoms. The van der Waals surface area contributed by atoms with E-state index in [0.29, 0.717) is 0 Å². The Bertz CT molecular complexity index is 500. The molecule has 0 amide bonds. The highest BCUT2D eigenvalue weighted by molar-refractivity contribution is 5.40. The van der Waals surface area contributed by atoms with Gasteiger partial charge in [0.1, 0.15) is 0 Å². The van der Waals surface area contributed by atoms with Crippen molar-refractivity contribution in [2.75, 3.05) is 6.54 Å². The molecule has 18 heavy (non-hydrogen) atoms. The van der Waals surface area contributed by atoms with Crippen LogP contribution >= 0.6 is 0 Å². The minimum absolute atomic E-state index is 0.828. The topological polar surface area (TPSA) is 29.9 Å². The standard InChI is InChI=1S/C15H19N3/c1-3-13(2)11-16-12-14-7-4-5-8-15(14)18-10-6-9-17-18/h4-10,16H,2-3,11-12H2,1H3. The van der Waals surface area contributed by atoms with Crippen molar-refractivity contribution in [1.82, 2.24) is 15.1 Å². The summed E-state index contributed by atoms with van der Waals surface area (Å²) in [6.07, 6.45) is 4.78. The summed E-state index contributed by atoms with van der Waals surface area (Å²) in [5.41, 5.74) is 3.59. The molecule has 2 aromatic rings. The first-order valence-corrected chi connectivity index (χ1v) is 6.26. The Labute approximate surface area is 108 Å². The number of para-hydroxylation sites is 1. The predicted octanol–water partition coefficient (Wildman–Crippen LogP) is 2.93. The van der Waals surface area contributed by atoms with E-state index in [1.54, 1.807) is 6.20 Å². The molecule has 1 N–H and O–H groups in total. The zero-order valence-corrected chi connectivity index (χ0v) is 10.8. The van der Waals surface area contributed by atoms with Crippen molar-refractivity contribution in [2.45, 2.75) is 19.9 Å². The van der Waals surface area contributed by atoms with Gasteiger partial charge >= 0.3 is 0 Å². The molecule has 0 spiro atoms. The number of nitrogens with zero attached hydrogens (tertiary/aromatic N) is 2. The summed E-state index contributed by atoms with van der Waals surface area (Å²) in [6, 6.07) is 10.2. The molecule has 2 rings (SSSR count). The second-order valence-electron chi connectivity index (χ2n) is 4.29. The lowest BCUT2D eigenvalue weighted by atomic mass is 10.1. The van der Waals surface area contributed by atoms with Crippen LogP contribution < -0.4 is 5.32 Å². The Morgan fingerprint density at radius 1 is 1.33 bits per heavy atom. The molecule has 3 nitrogen and oxygen atoms in total. The summed E-state index contributed by atoms with van der Waals surface area (Å²) in [7, 11) is 0. The summed E-state index contributed by atoms with van der Waals surface area (Å²) in [5, 5.41) is 7.69. The zero-order chi connectivity index (χ0) is 12.8. The average Bonchev–Trinajstić information content (AvgIpc) is 2.93. The van der Waals surface area contributed by atoms with E-state index in [1.807, 2.05) is 23.0 Å². The van der Waals surface area contributed by atoms with E-state index in [2.05, 4.69) is 42.1 Å². The van der Waals surface area contributed by atoms with Crippen LogP contribution in [0.25, 0.3) is 5.69 Å². The van der Waals surface area contributed by atoms with E-state index in [1.165, 1.54) is 11.1 Å².